The molecule has 0 aromatic rings. The fourth-order valence-corrected chi connectivity index (χ4v) is 9.42. The standard InChI is InChI=1S/C30H50O2/c1-20(2)10-9-11-21(3)22-14-16-29(8)24-12-13-25-26(4,5)30(31,32)19-18-27(25,6)23(24)15-17-28(22,29)7/h10,21-22,25,31-32H,9,11-19H2,1-8H3/t21-,22-,25?,27-,28+,29+/m1/s1. The van der Waals surface area contributed by atoms with Gasteiger partial charge in [0.25, 0.3) is 0 Å². The molecule has 2 nitrogen and oxygen atoms in total. The average molecular weight is 443 g/mol. The molecule has 4 rings (SSSR count). The second-order valence-corrected chi connectivity index (χ2v) is 13.7. The van der Waals surface area contributed by atoms with Gasteiger partial charge in [0.05, 0.1) is 0 Å². The lowest BCUT2D eigenvalue weighted by atomic mass is 9.43. The van der Waals surface area contributed by atoms with Crippen LogP contribution in [0.4, 0.5) is 0 Å². The molecule has 4 aliphatic rings. The molecule has 0 bridgehead atoms. The van der Waals surface area contributed by atoms with Crippen molar-refractivity contribution >= 4 is 0 Å². The van der Waals surface area contributed by atoms with Crippen LogP contribution in [0.1, 0.15) is 120 Å². The summed E-state index contributed by atoms with van der Waals surface area (Å²) in [6, 6.07) is 0. The van der Waals surface area contributed by atoms with E-state index in [4.69, 9.17) is 0 Å². The summed E-state index contributed by atoms with van der Waals surface area (Å²) in [5.41, 5.74) is 5.37. The van der Waals surface area contributed by atoms with Gasteiger partial charge in [0, 0.05) is 11.8 Å². The summed E-state index contributed by atoms with van der Waals surface area (Å²) in [4.78, 5) is 0. The molecule has 6 atom stereocenters. The zero-order chi connectivity index (χ0) is 23.7. The highest BCUT2D eigenvalue weighted by molar-refractivity contribution is 5.39. The molecule has 2 N–H and O–H groups in total. The molecule has 2 saturated carbocycles. The largest absolute Gasteiger partial charge is 0.365 e. The Morgan fingerprint density at radius 3 is 2.28 bits per heavy atom. The lowest BCUT2D eigenvalue weighted by molar-refractivity contribution is -0.287. The minimum absolute atomic E-state index is 0.129. The van der Waals surface area contributed by atoms with E-state index in [-0.39, 0.29) is 5.41 Å². The molecule has 0 spiro atoms. The first-order valence-corrected chi connectivity index (χ1v) is 13.5. The Morgan fingerprint density at radius 1 is 0.938 bits per heavy atom. The smallest absolute Gasteiger partial charge is 0.168 e. The van der Waals surface area contributed by atoms with Gasteiger partial charge in [-0.15, -0.1) is 0 Å². The highest BCUT2D eigenvalue weighted by Gasteiger charge is 2.65. The molecule has 2 fully saturated rings. The summed E-state index contributed by atoms with van der Waals surface area (Å²) in [6.45, 7) is 18.9. The van der Waals surface area contributed by atoms with Crippen molar-refractivity contribution in [3.63, 3.8) is 0 Å². The van der Waals surface area contributed by atoms with E-state index in [2.05, 4.69) is 61.5 Å². The SMILES string of the molecule is CC(C)=CCC[C@@H](C)[C@H]1CC[C@@]2(C)C3=C(CC[C@@]12C)[C@@]1(C)CCC(O)(O)C(C)(C)C1CC3. The molecular formula is C30H50O2. The number of fused-ring (bicyclic) bond motifs is 4. The van der Waals surface area contributed by atoms with E-state index in [9.17, 15) is 10.2 Å². The topological polar surface area (TPSA) is 40.5 Å². The van der Waals surface area contributed by atoms with E-state index in [0.29, 0.717) is 23.2 Å². The van der Waals surface area contributed by atoms with Crippen molar-refractivity contribution in [3.05, 3.63) is 22.8 Å². The van der Waals surface area contributed by atoms with E-state index < -0.39 is 11.2 Å². The maximum absolute atomic E-state index is 10.8. The lowest BCUT2D eigenvalue weighted by Gasteiger charge is -2.63. The maximum atomic E-state index is 10.8. The second-order valence-electron chi connectivity index (χ2n) is 13.7. The summed E-state index contributed by atoms with van der Waals surface area (Å²) >= 11 is 0. The number of hydrogen-bond acceptors (Lipinski definition) is 2. The van der Waals surface area contributed by atoms with Crippen LogP contribution in [0.15, 0.2) is 22.8 Å². The van der Waals surface area contributed by atoms with Crippen molar-refractivity contribution in [2.45, 2.75) is 125 Å². The normalized spacial score (nSPS) is 43.2. The van der Waals surface area contributed by atoms with Gasteiger partial charge in [-0.1, -0.05) is 64.3 Å². The van der Waals surface area contributed by atoms with Crippen molar-refractivity contribution in [2.75, 3.05) is 0 Å². The molecule has 2 heteroatoms. The van der Waals surface area contributed by atoms with E-state index in [1.54, 1.807) is 11.1 Å². The number of hydrogen-bond donors (Lipinski definition) is 2. The van der Waals surface area contributed by atoms with Crippen molar-refractivity contribution < 1.29 is 10.2 Å². The van der Waals surface area contributed by atoms with E-state index >= 15 is 0 Å². The summed E-state index contributed by atoms with van der Waals surface area (Å²) in [6.07, 6.45) is 13.9. The van der Waals surface area contributed by atoms with Crippen LogP contribution in [0.2, 0.25) is 0 Å². The van der Waals surface area contributed by atoms with Crippen molar-refractivity contribution in [1.29, 1.82) is 0 Å². The van der Waals surface area contributed by atoms with Gasteiger partial charge in [0.15, 0.2) is 5.79 Å². The van der Waals surface area contributed by atoms with E-state index in [1.165, 1.54) is 50.5 Å². The van der Waals surface area contributed by atoms with Crippen molar-refractivity contribution in [3.8, 4) is 0 Å². The first kappa shape index (κ1) is 24.5. The second kappa shape index (κ2) is 7.70. The van der Waals surface area contributed by atoms with Crippen molar-refractivity contribution in [2.24, 2.45) is 39.4 Å². The van der Waals surface area contributed by atoms with Gasteiger partial charge in [0.1, 0.15) is 0 Å². The molecule has 0 aromatic heterocycles. The van der Waals surface area contributed by atoms with Gasteiger partial charge < -0.3 is 10.2 Å². The Kier molecular flexibility index (Phi) is 5.90. The molecule has 0 heterocycles. The molecule has 0 radical (unpaired) electrons. The van der Waals surface area contributed by atoms with Gasteiger partial charge in [-0.25, -0.2) is 0 Å². The third-order valence-electron chi connectivity index (χ3n) is 11.9. The van der Waals surface area contributed by atoms with Crippen LogP contribution in [-0.4, -0.2) is 16.0 Å². The lowest BCUT2D eigenvalue weighted by Crippen LogP contribution is -2.60. The fourth-order valence-electron chi connectivity index (χ4n) is 9.42. The van der Waals surface area contributed by atoms with Crippen LogP contribution in [0.25, 0.3) is 0 Å². The number of rotatable bonds is 4. The molecule has 182 valence electrons. The summed E-state index contributed by atoms with van der Waals surface area (Å²) in [5.74, 6) is 0.416. The monoisotopic (exact) mass is 442 g/mol. The van der Waals surface area contributed by atoms with Crippen LogP contribution in [0.3, 0.4) is 0 Å². The van der Waals surface area contributed by atoms with Crippen LogP contribution >= 0.6 is 0 Å². The molecule has 0 aromatic carbocycles. The van der Waals surface area contributed by atoms with E-state index in [1.807, 2.05) is 0 Å². The highest BCUT2D eigenvalue weighted by Crippen LogP contribution is 2.73. The van der Waals surface area contributed by atoms with Gasteiger partial charge in [-0.2, -0.15) is 0 Å². The minimum Gasteiger partial charge on any atom is -0.365 e. The zero-order valence-electron chi connectivity index (χ0n) is 22.3. The van der Waals surface area contributed by atoms with Gasteiger partial charge >= 0.3 is 0 Å². The van der Waals surface area contributed by atoms with Crippen LogP contribution in [0, 0.1) is 39.4 Å². The Morgan fingerprint density at radius 2 is 1.62 bits per heavy atom. The molecule has 1 unspecified atom stereocenters. The molecule has 0 aliphatic heterocycles. The fraction of sp³-hybridized carbons (Fsp3) is 0.867. The molecule has 32 heavy (non-hydrogen) atoms. The average Bonchev–Trinajstić information content (AvgIpc) is 2.97. The predicted molar refractivity (Wildman–Crippen MR) is 134 cm³/mol. The van der Waals surface area contributed by atoms with Crippen LogP contribution in [-0.2, 0) is 0 Å². The van der Waals surface area contributed by atoms with Gasteiger partial charge in [-0.3, -0.25) is 0 Å². The van der Waals surface area contributed by atoms with Gasteiger partial charge in [-0.05, 0) is 106 Å². The predicted octanol–water partition coefficient (Wildman–Crippen LogP) is 7.80. The molecule has 4 aliphatic carbocycles. The summed E-state index contributed by atoms with van der Waals surface area (Å²) < 4.78 is 0. The number of allylic oxidation sites excluding steroid dienone is 4. The Hall–Kier alpha value is -0.600. The number of aliphatic hydroxyl groups is 2. The first-order chi connectivity index (χ1) is 14.7. The molecule has 0 amide bonds. The maximum Gasteiger partial charge on any atom is 0.168 e. The summed E-state index contributed by atoms with van der Waals surface area (Å²) in [5, 5.41) is 21.7. The zero-order valence-corrected chi connectivity index (χ0v) is 22.3. The van der Waals surface area contributed by atoms with Crippen LogP contribution < -0.4 is 0 Å². The van der Waals surface area contributed by atoms with Crippen molar-refractivity contribution in [1.82, 2.24) is 0 Å². The third kappa shape index (κ3) is 3.25. The van der Waals surface area contributed by atoms with Gasteiger partial charge in [0.2, 0.25) is 0 Å². The molecule has 0 saturated heterocycles. The Balaban J connectivity index is 1.66. The van der Waals surface area contributed by atoms with E-state index in [0.717, 1.165) is 24.7 Å². The quantitative estimate of drug-likeness (QED) is 0.344. The van der Waals surface area contributed by atoms with Crippen LogP contribution in [0.5, 0.6) is 0 Å². The Labute approximate surface area is 198 Å². The Bertz CT molecular complexity index is 813. The third-order valence-corrected chi connectivity index (χ3v) is 11.9. The highest BCUT2D eigenvalue weighted by atomic mass is 16.5. The summed E-state index contributed by atoms with van der Waals surface area (Å²) in [7, 11) is 0. The minimum atomic E-state index is -1.54. The molecular weight excluding hydrogens is 392 g/mol. The first-order valence-electron chi connectivity index (χ1n) is 13.5.